The van der Waals surface area contributed by atoms with E-state index in [2.05, 4.69) is 0 Å². The molecule has 1 aromatic carbocycles. The molecule has 1 saturated heterocycles. The molecule has 5 heteroatoms. The Kier molecular flexibility index (Phi) is 4.50. The molecule has 1 aliphatic rings. The first-order valence-electron chi connectivity index (χ1n) is 7.14. The number of carbonyl (C=O) groups excluding carboxylic acids is 2. The Morgan fingerprint density at radius 1 is 1.00 bits per heavy atom. The second-order valence-corrected chi connectivity index (χ2v) is 5.44. The molecule has 0 spiro atoms. The number of hydrogen-bond acceptors (Lipinski definition) is 3. The summed E-state index contributed by atoms with van der Waals surface area (Å²) in [7, 11) is 1.58. The van der Waals surface area contributed by atoms with Gasteiger partial charge in [-0.15, -0.1) is 0 Å². The molecule has 0 atom stereocenters. The zero-order chi connectivity index (χ0) is 15.6. The molecule has 2 rings (SSSR count). The first kappa shape index (κ1) is 15.4. The Hall–Kier alpha value is -2.04. The van der Waals surface area contributed by atoms with Gasteiger partial charge in [-0.2, -0.15) is 0 Å². The summed E-state index contributed by atoms with van der Waals surface area (Å²) in [6, 6.07) is 3.78. The van der Waals surface area contributed by atoms with E-state index < -0.39 is 0 Å². The molecule has 0 bridgehead atoms. The van der Waals surface area contributed by atoms with Gasteiger partial charge in [0, 0.05) is 33.1 Å². The van der Waals surface area contributed by atoms with E-state index in [-0.39, 0.29) is 11.8 Å². The number of aryl methyl sites for hydroxylation is 2. The van der Waals surface area contributed by atoms with Gasteiger partial charge in [0.15, 0.2) is 0 Å². The minimum absolute atomic E-state index is 0.0295. The van der Waals surface area contributed by atoms with E-state index >= 15 is 0 Å². The quantitative estimate of drug-likeness (QED) is 0.831. The van der Waals surface area contributed by atoms with Gasteiger partial charge in [-0.25, -0.2) is 0 Å². The van der Waals surface area contributed by atoms with Crippen molar-refractivity contribution in [3.63, 3.8) is 0 Å². The monoisotopic (exact) mass is 290 g/mol. The largest absolute Gasteiger partial charge is 0.496 e. The second kappa shape index (κ2) is 6.16. The average Bonchev–Trinajstić information content (AvgIpc) is 2.49. The van der Waals surface area contributed by atoms with Crippen molar-refractivity contribution in [2.75, 3.05) is 33.3 Å². The Morgan fingerprint density at radius 3 is 2.05 bits per heavy atom. The van der Waals surface area contributed by atoms with Gasteiger partial charge >= 0.3 is 0 Å². The fourth-order valence-corrected chi connectivity index (χ4v) is 2.52. The maximum absolute atomic E-state index is 12.7. The summed E-state index contributed by atoms with van der Waals surface area (Å²) in [5.41, 5.74) is 2.77. The van der Waals surface area contributed by atoms with Crippen molar-refractivity contribution in [1.29, 1.82) is 0 Å². The number of nitrogens with zero attached hydrogens (tertiary/aromatic N) is 2. The molecule has 1 aliphatic heterocycles. The van der Waals surface area contributed by atoms with Gasteiger partial charge in [-0.3, -0.25) is 9.59 Å². The zero-order valence-corrected chi connectivity index (χ0v) is 13.1. The van der Waals surface area contributed by atoms with E-state index in [9.17, 15) is 9.59 Å². The highest BCUT2D eigenvalue weighted by molar-refractivity contribution is 5.97. The summed E-state index contributed by atoms with van der Waals surface area (Å²) < 4.78 is 5.34. The van der Waals surface area contributed by atoms with Crippen LogP contribution in [0, 0.1) is 13.8 Å². The molecule has 1 heterocycles. The maximum Gasteiger partial charge on any atom is 0.257 e. The molecule has 21 heavy (non-hydrogen) atoms. The molecule has 2 amide bonds. The van der Waals surface area contributed by atoms with Crippen LogP contribution < -0.4 is 4.74 Å². The van der Waals surface area contributed by atoms with E-state index in [1.165, 1.54) is 0 Å². The van der Waals surface area contributed by atoms with Gasteiger partial charge in [0.25, 0.3) is 5.91 Å². The molecule has 1 aromatic rings. The molecule has 0 aliphatic carbocycles. The predicted molar refractivity (Wildman–Crippen MR) is 80.6 cm³/mol. The number of piperazine rings is 1. The first-order chi connectivity index (χ1) is 9.93. The molecular weight excluding hydrogens is 268 g/mol. The summed E-state index contributed by atoms with van der Waals surface area (Å²) in [4.78, 5) is 27.5. The van der Waals surface area contributed by atoms with Crippen LogP contribution in [0.15, 0.2) is 12.1 Å². The number of hydrogen-bond donors (Lipinski definition) is 0. The van der Waals surface area contributed by atoms with Gasteiger partial charge in [-0.1, -0.05) is 0 Å². The zero-order valence-electron chi connectivity index (χ0n) is 13.1. The fourth-order valence-electron chi connectivity index (χ4n) is 2.52. The lowest BCUT2D eigenvalue weighted by Gasteiger charge is -2.34. The van der Waals surface area contributed by atoms with Crippen LogP contribution in [-0.2, 0) is 4.79 Å². The number of amides is 2. The van der Waals surface area contributed by atoms with Crippen molar-refractivity contribution >= 4 is 11.8 Å². The Bertz CT molecular complexity index is 561. The van der Waals surface area contributed by atoms with E-state index in [4.69, 9.17) is 4.74 Å². The normalized spacial score (nSPS) is 15.0. The first-order valence-corrected chi connectivity index (χ1v) is 7.14. The third-order valence-corrected chi connectivity index (χ3v) is 4.06. The van der Waals surface area contributed by atoms with Crippen LogP contribution in [-0.4, -0.2) is 54.9 Å². The van der Waals surface area contributed by atoms with E-state index in [0.29, 0.717) is 37.5 Å². The second-order valence-electron chi connectivity index (χ2n) is 5.44. The van der Waals surface area contributed by atoms with Crippen LogP contribution >= 0.6 is 0 Å². The molecule has 0 unspecified atom stereocenters. The third kappa shape index (κ3) is 3.17. The van der Waals surface area contributed by atoms with Crippen molar-refractivity contribution in [1.82, 2.24) is 9.80 Å². The molecular formula is C16H22N2O3. The minimum atomic E-state index is -0.0295. The van der Waals surface area contributed by atoms with Crippen molar-refractivity contribution in [3.05, 3.63) is 28.8 Å². The van der Waals surface area contributed by atoms with Crippen LogP contribution in [0.5, 0.6) is 5.75 Å². The van der Waals surface area contributed by atoms with E-state index in [1.54, 1.807) is 23.8 Å². The number of carbonyl (C=O) groups is 2. The molecule has 0 radical (unpaired) electrons. The standard InChI is InChI=1S/C16H22N2O3/c1-11-9-14(15(21-4)10-12(11)2)16(20)18-7-5-17(6-8-18)13(3)19/h9-10H,5-8H2,1-4H3. The molecule has 0 saturated carbocycles. The van der Waals surface area contributed by atoms with Gasteiger partial charge in [0.1, 0.15) is 5.75 Å². The number of methoxy groups -OCH3 is 1. The lowest BCUT2D eigenvalue weighted by Crippen LogP contribution is -2.50. The lowest BCUT2D eigenvalue weighted by atomic mass is 10.0. The van der Waals surface area contributed by atoms with Crippen LogP contribution in [0.4, 0.5) is 0 Å². The Morgan fingerprint density at radius 2 is 1.52 bits per heavy atom. The van der Waals surface area contributed by atoms with E-state index in [1.807, 2.05) is 26.0 Å². The van der Waals surface area contributed by atoms with Crippen LogP contribution in [0.2, 0.25) is 0 Å². The fraction of sp³-hybridized carbons (Fsp3) is 0.500. The van der Waals surface area contributed by atoms with Gasteiger partial charge in [-0.05, 0) is 37.1 Å². The summed E-state index contributed by atoms with van der Waals surface area (Å²) >= 11 is 0. The maximum atomic E-state index is 12.7. The molecule has 5 nitrogen and oxygen atoms in total. The Balaban J connectivity index is 2.18. The van der Waals surface area contributed by atoms with E-state index in [0.717, 1.165) is 11.1 Å². The number of benzene rings is 1. The topological polar surface area (TPSA) is 49.9 Å². The third-order valence-electron chi connectivity index (χ3n) is 4.06. The van der Waals surface area contributed by atoms with Crippen LogP contribution in [0.3, 0.4) is 0 Å². The number of ether oxygens (including phenoxy) is 1. The molecule has 114 valence electrons. The van der Waals surface area contributed by atoms with Crippen molar-refractivity contribution < 1.29 is 14.3 Å². The number of rotatable bonds is 2. The molecule has 0 N–H and O–H groups in total. The average molecular weight is 290 g/mol. The van der Waals surface area contributed by atoms with Crippen molar-refractivity contribution in [2.24, 2.45) is 0 Å². The van der Waals surface area contributed by atoms with Crippen LogP contribution in [0.1, 0.15) is 28.4 Å². The smallest absolute Gasteiger partial charge is 0.257 e. The lowest BCUT2D eigenvalue weighted by molar-refractivity contribution is -0.130. The molecule has 1 fully saturated rings. The van der Waals surface area contributed by atoms with Gasteiger partial charge < -0.3 is 14.5 Å². The Labute approximate surface area is 125 Å². The summed E-state index contributed by atoms with van der Waals surface area (Å²) in [5, 5.41) is 0. The minimum Gasteiger partial charge on any atom is -0.496 e. The summed E-state index contributed by atoms with van der Waals surface area (Å²) in [6.07, 6.45) is 0. The summed E-state index contributed by atoms with van der Waals surface area (Å²) in [6.45, 7) is 7.85. The van der Waals surface area contributed by atoms with Gasteiger partial charge in [0.2, 0.25) is 5.91 Å². The van der Waals surface area contributed by atoms with Crippen molar-refractivity contribution in [2.45, 2.75) is 20.8 Å². The predicted octanol–water partition coefficient (Wildman–Crippen LogP) is 1.62. The highest BCUT2D eigenvalue weighted by Gasteiger charge is 2.25. The van der Waals surface area contributed by atoms with Crippen molar-refractivity contribution in [3.8, 4) is 5.75 Å². The highest BCUT2D eigenvalue weighted by Crippen LogP contribution is 2.24. The van der Waals surface area contributed by atoms with Crippen LogP contribution in [0.25, 0.3) is 0 Å². The summed E-state index contributed by atoms with van der Waals surface area (Å²) in [5.74, 6) is 0.640. The molecule has 0 aromatic heterocycles. The highest BCUT2D eigenvalue weighted by atomic mass is 16.5. The van der Waals surface area contributed by atoms with Gasteiger partial charge in [0.05, 0.1) is 12.7 Å². The SMILES string of the molecule is COc1cc(C)c(C)cc1C(=O)N1CCN(C(C)=O)CC1.